The van der Waals surface area contributed by atoms with Crippen LogP contribution in [0.5, 0.6) is 0 Å². The van der Waals surface area contributed by atoms with Crippen LogP contribution in [0.3, 0.4) is 0 Å². The van der Waals surface area contributed by atoms with Crippen LogP contribution in [0.25, 0.3) is 0 Å². The highest BCUT2D eigenvalue weighted by Gasteiger charge is 2.29. The van der Waals surface area contributed by atoms with E-state index in [2.05, 4.69) is 23.9 Å². The van der Waals surface area contributed by atoms with E-state index >= 15 is 0 Å². The Hall–Kier alpha value is -0.970. The molecule has 1 heterocycles. The third-order valence-corrected chi connectivity index (χ3v) is 4.36. The monoisotopic (exact) mass is 294 g/mol. The van der Waals surface area contributed by atoms with Crippen LogP contribution in [-0.4, -0.2) is 54.7 Å². The lowest BCUT2D eigenvalue weighted by molar-refractivity contribution is 0.0777. The first-order chi connectivity index (χ1) is 9.99. The van der Waals surface area contributed by atoms with E-state index < -0.39 is 6.10 Å². The van der Waals surface area contributed by atoms with Crippen molar-refractivity contribution in [3.05, 3.63) is 35.6 Å². The summed E-state index contributed by atoms with van der Waals surface area (Å²) >= 11 is 0. The minimum atomic E-state index is -0.744. The Morgan fingerprint density at radius 3 is 2.76 bits per heavy atom. The number of hydrogen-bond acceptors (Lipinski definition) is 3. The molecule has 118 valence electrons. The summed E-state index contributed by atoms with van der Waals surface area (Å²) in [5.74, 6) is -0.298. The van der Waals surface area contributed by atoms with Gasteiger partial charge in [0, 0.05) is 24.7 Å². The number of rotatable bonds is 6. The summed E-state index contributed by atoms with van der Waals surface area (Å²) in [6, 6.07) is 7.08. The maximum absolute atomic E-state index is 13.8. The molecule has 0 amide bonds. The lowest BCUT2D eigenvalue weighted by Gasteiger charge is -2.31. The Morgan fingerprint density at radius 2 is 2.10 bits per heavy atom. The molecule has 3 atom stereocenters. The molecule has 1 N–H and O–H groups in total. The largest absolute Gasteiger partial charge is 0.388 e. The maximum atomic E-state index is 13.8. The number of aliphatic hydroxyl groups excluding tert-OH is 1. The Labute approximate surface area is 127 Å². The zero-order valence-corrected chi connectivity index (χ0v) is 13.3. The summed E-state index contributed by atoms with van der Waals surface area (Å²) in [6.45, 7) is 4.94. The molecule has 0 radical (unpaired) electrons. The Kier molecular flexibility index (Phi) is 5.73. The molecule has 0 spiro atoms. The second-order valence-electron chi connectivity index (χ2n) is 6.50. The molecule has 2 rings (SSSR count). The van der Waals surface area contributed by atoms with E-state index in [4.69, 9.17) is 0 Å². The quantitative estimate of drug-likeness (QED) is 0.873. The molecule has 1 saturated heterocycles. The molecule has 1 aliphatic heterocycles. The van der Waals surface area contributed by atoms with Crippen LogP contribution < -0.4 is 0 Å². The van der Waals surface area contributed by atoms with E-state index in [1.165, 1.54) is 18.9 Å². The molecule has 0 bridgehead atoms. The van der Waals surface area contributed by atoms with Gasteiger partial charge >= 0.3 is 0 Å². The molecule has 0 saturated carbocycles. The zero-order valence-electron chi connectivity index (χ0n) is 13.3. The fraction of sp³-hybridized carbons (Fsp3) is 0.647. The molecule has 3 unspecified atom stereocenters. The van der Waals surface area contributed by atoms with Gasteiger partial charge in [-0.2, -0.15) is 0 Å². The highest BCUT2D eigenvalue weighted by molar-refractivity contribution is 5.20. The first-order valence-electron chi connectivity index (χ1n) is 7.80. The van der Waals surface area contributed by atoms with E-state index in [0.29, 0.717) is 11.6 Å². The zero-order chi connectivity index (χ0) is 15.4. The van der Waals surface area contributed by atoms with Gasteiger partial charge in [-0.1, -0.05) is 25.1 Å². The number of likely N-dealkylation sites (tertiary alicyclic amines) is 1. The van der Waals surface area contributed by atoms with Gasteiger partial charge in [-0.05, 0) is 45.5 Å². The van der Waals surface area contributed by atoms with Crippen molar-refractivity contribution in [1.29, 1.82) is 0 Å². The molecule has 3 nitrogen and oxygen atoms in total. The standard InChI is InChI=1S/C17H27FN2O/c1-13(17(21)15-8-4-5-9-16(15)18)11-20-10-6-7-14(20)12-19(2)3/h4-5,8-9,13-14,17,21H,6-7,10-12H2,1-3H3. The van der Waals surface area contributed by atoms with Crippen molar-refractivity contribution in [2.75, 3.05) is 33.7 Å². The lowest BCUT2D eigenvalue weighted by atomic mass is 9.96. The number of hydrogen-bond donors (Lipinski definition) is 1. The van der Waals surface area contributed by atoms with Crippen LogP contribution in [0, 0.1) is 11.7 Å². The van der Waals surface area contributed by atoms with Crippen molar-refractivity contribution in [1.82, 2.24) is 9.80 Å². The average Bonchev–Trinajstić information content (AvgIpc) is 2.85. The van der Waals surface area contributed by atoms with Crippen molar-refractivity contribution < 1.29 is 9.50 Å². The minimum Gasteiger partial charge on any atom is -0.388 e. The number of halogens is 1. The fourth-order valence-electron chi connectivity index (χ4n) is 3.25. The molecule has 1 aromatic rings. The first kappa shape index (κ1) is 16.4. The van der Waals surface area contributed by atoms with Crippen LogP contribution in [0.4, 0.5) is 4.39 Å². The van der Waals surface area contributed by atoms with Gasteiger partial charge in [0.1, 0.15) is 5.82 Å². The predicted molar refractivity (Wildman–Crippen MR) is 83.7 cm³/mol. The Bertz CT molecular complexity index is 452. The third-order valence-electron chi connectivity index (χ3n) is 4.36. The molecule has 4 heteroatoms. The highest BCUT2D eigenvalue weighted by atomic mass is 19.1. The van der Waals surface area contributed by atoms with E-state index in [9.17, 15) is 9.50 Å². The molecule has 0 aliphatic carbocycles. The van der Waals surface area contributed by atoms with E-state index in [1.54, 1.807) is 18.2 Å². The van der Waals surface area contributed by atoms with Crippen molar-refractivity contribution in [2.45, 2.75) is 31.9 Å². The van der Waals surface area contributed by atoms with Crippen molar-refractivity contribution >= 4 is 0 Å². The van der Waals surface area contributed by atoms with E-state index in [1.807, 2.05) is 6.92 Å². The van der Waals surface area contributed by atoms with Gasteiger partial charge in [-0.25, -0.2) is 4.39 Å². The maximum Gasteiger partial charge on any atom is 0.129 e. The van der Waals surface area contributed by atoms with Crippen molar-refractivity contribution in [3.63, 3.8) is 0 Å². The summed E-state index contributed by atoms with van der Waals surface area (Å²) in [5.41, 5.74) is 0.411. The average molecular weight is 294 g/mol. The van der Waals surface area contributed by atoms with Gasteiger partial charge in [-0.15, -0.1) is 0 Å². The molecule has 1 fully saturated rings. The van der Waals surface area contributed by atoms with E-state index in [-0.39, 0.29) is 11.7 Å². The highest BCUT2D eigenvalue weighted by Crippen LogP contribution is 2.27. The normalized spacial score (nSPS) is 22.7. The number of likely N-dealkylation sites (N-methyl/N-ethyl adjacent to an activating group) is 1. The van der Waals surface area contributed by atoms with Crippen LogP contribution in [0.15, 0.2) is 24.3 Å². The summed E-state index contributed by atoms with van der Waals surface area (Å²) in [4.78, 5) is 4.65. The Morgan fingerprint density at radius 1 is 1.38 bits per heavy atom. The fourth-order valence-corrected chi connectivity index (χ4v) is 3.25. The SMILES string of the molecule is CC(CN1CCCC1CN(C)C)C(O)c1ccccc1F. The number of benzene rings is 1. The predicted octanol–water partition coefficient (Wildman–Crippen LogP) is 2.52. The summed E-state index contributed by atoms with van der Waals surface area (Å²) in [5, 5.41) is 10.4. The van der Waals surface area contributed by atoms with Crippen LogP contribution in [0.1, 0.15) is 31.4 Å². The molecule has 1 aliphatic rings. The van der Waals surface area contributed by atoms with Gasteiger partial charge in [0.2, 0.25) is 0 Å². The first-order valence-corrected chi connectivity index (χ1v) is 7.80. The molecule has 1 aromatic carbocycles. The molecular weight excluding hydrogens is 267 g/mol. The smallest absolute Gasteiger partial charge is 0.129 e. The number of nitrogens with zero attached hydrogens (tertiary/aromatic N) is 2. The van der Waals surface area contributed by atoms with Crippen molar-refractivity contribution in [3.8, 4) is 0 Å². The lowest BCUT2D eigenvalue weighted by Crippen LogP contribution is -2.40. The third kappa shape index (κ3) is 4.25. The van der Waals surface area contributed by atoms with Gasteiger partial charge in [0.25, 0.3) is 0 Å². The van der Waals surface area contributed by atoms with Gasteiger partial charge in [0.05, 0.1) is 6.10 Å². The Balaban J connectivity index is 1.97. The summed E-state index contributed by atoms with van der Waals surface area (Å²) in [6.07, 6.45) is 1.67. The van der Waals surface area contributed by atoms with Gasteiger partial charge in [0.15, 0.2) is 0 Å². The van der Waals surface area contributed by atoms with Gasteiger partial charge in [-0.3, -0.25) is 4.90 Å². The topological polar surface area (TPSA) is 26.7 Å². The summed E-state index contributed by atoms with van der Waals surface area (Å²) in [7, 11) is 4.18. The van der Waals surface area contributed by atoms with Crippen LogP contribution in [0.2, 0.25) is 0 Å². The van der Waals surface area contributed by atoms with Crippen LogP contribution in [-0.2, 0) is 0 Å². The molecule has 21 heavy (non-hydrogen) atoms. The van der Waals surface area contributed by atoms with Gasteiger partial charge < -0.3 is 10.0 Å². The van der Waals surface area contributed by atoms with Crippen molar-refractivity contribution in [2.24, 2.45) is 5.92 Å². The van der Waals surface area contributed by atoms with E-state index in [0.717, 1.165) is 19.6 Å². The van der Waals surface area contributed by atoms with Crippen LogP contribution >= 0.6 is 0 Å². The second-order valence-corrected chi connectivity index (χ2v) is 6.50. The molecular formula is C17H27FN2O. The number of aliphatic hydroxyl groups is 1. The second kappa shape index (κ2) is 7.34. The minimum absolute atomic E-state index is 0.0182. The summed E-state index contributed by atoms with van der Waals surface area (Å²) < 4.78 is 13.8. The molecule has 0 aromatic heterocycles.